The van der Waals surface area contributed by atoms with Gasteiger partial charge in [0, 0.05) is 33.2 Å². The zero-order chi connectivity index (χ0) is 43.1. The Bertz CT molecular complexity index is 3160. The SMILES string of the molecule is CC(C)(C)c1ccc2c(c1)C1(c3ccccc3Oc3c(-c4ccccc4N(c4ccccc4-c4ccccc4)c4cccc5ccccc45)cccc31)c1cc(C(C)(C)C)ccc1-2. The van der Waals surface area contributed by atoms with E-state index >= 15 is 0 Å². The molecule has 0 radical (unpaired) electrons. The van der Waals surface area contributed by atoms with Gasteiger partial charge in [-0.05, 0) is 79.4 Å². The molecule has 0 fully saturated rings. The number of nitrogens with zero attached hydrogens (tertiary/aromatic N) is 1. The average molecular weight is 814 g/mol. The highest BCUT2D eigenvalue weighted by Gasteiger charge is 2.52. The summed E-state index contributed by atoms with van der Waals surface area (Å²) in [4.78, 5) is 2.47. The second kappa shape index (κ2) is 14.5. The minimum atomic E-state index is -0.627. The monoisotopic (exact) mass is 813 g/mol. The van der Waals surface area contributed by atoms with Crippen molar-refractivity contribution >= 4 is 27.8 Å². The van der Waals surface area contributed by atoms with Crippen LogP contribution in [0.25, 0.3) is 44.2 Å². The van der Waals surface area contributed by atoms with Crippen molar-refractivity contribution in [3.8, 4) is 44.9 Å². The van der Waals surface area contributed by atoms with Gasteiger partial charge < -0.3 is 9.64 Å². The summed E-state index contributed by atoms with van der Waals surface area (Å²) in [6, 6.07) is 73.8. The highest BCUT2D eigenvalue weighted by atomic mass is 16.5. The number of rotatable bonds is 5. The van der Waals surface area contributed by atoms with Crippen LogP contribution in [0.15, 0.2) is 200 Å². The van der Waals surface area contributed by atoms with Crippen LogP contribution < -0.4 is 9.64 Å². The number of benzene rings is 9. The molecule has 0 amide bonds. The summed E-state index contributed by atoms with van der Waals surface area (Å²) in [5, 5.41) is 2.37. The van der Waals surface area contributed by atoms with Gasteiger partial charge in [-0.2, -0.15) is 0 Å². The van der Waals surface area contributed by atoms with Gasteiger partial charge in [0.25, 0.3) is 0 Å². The molecule has 1 heterocycles. The van der Waals surface area contributed by atoms with Gasteiger partial charge in [-0.15, -0.1) is 0 Å². The Morgan fingerprint density at radius 2 is 0.889 bits per heavy atom. The van der Waals surface area contributed by atoms with Crippen molar-refractivity contribution < 1.29 is 4.74 Å². The molecule has 1 spiro atoms. The van der Waals surface area contributed by atoms with Crippen molar-refractivity contribution in [3.63, 3.8) is 0 Å². The number of fused-ring (bicyclic) bond motifs is 10. The van der Waals surface area contributed by atoms with Gasteiger partial charge >= 0.3 is 0 Å². The van der Waals surface area contributed by atoms with Gasteiger partial charge in [0.2, 0.25) is 0 Å². The smallest absolute Gasteiger partial charge is 0.140 e. The Kier molecular flexibility index (Phi) is 8.89. The Morgan fingerprint density at radius 3 is 1.59 bits per heavy atom. The molecule has 0 unspecified atom stereocenters. The van der Waals surface area contributed by atoms with Crippen molar-refractivity contribution in [1.82, 2.24) is 0 Å². The summed E-state index contributed by atoms with van der Waals surface area (Å²) < 4.78 is 7.37. The lowest BCUT2D eigenvalue weighted by molar-refractivity contribution is 0.437. The summed E-state index contributed by atoms with van der Waals surface area (Å²) in [7, 11) is 0. The van der Waals surface area contributed by atoms with E-state index in [1.165, 1.54) is 49.7 Å². The van der Waals surface area contributed by atoms with Crippen molar-refractivity contribution in [2.24, 2.45) is 0 Å². The van der Waals surface area contributed by atoms with E-state index in [0.29, 0.717) is 0 Å². The lowest BCUT2D eigenvalue weighted by Crippen LogP contribution is -2.33. The lowest BCUT2D eigenvalue weighted by Gasteiger charge is -2.41. The van der Waals surface area contributed by atoms with Crippen LogP contribution in [0.3, 0.4) is 0 Å². The van der Waals surface area contributed by atoms with Gasteiger partial charge in [0.05, 0.1) is 22.5 Å². The van der Waals surface area contributed by atoms with Gasteiger partial charge in [0.15, 0.2) is 0 Å². The Labute approximate surface area is 372 Å². The molecule has 2 nitrogen and oxygen atoms in total. The van der Waals surface area contributed by atoms with Crippen LogP contribution in [-0.2, 0) is 16.2 Å². The van der Waals surface area contributed by atoms with Crippen LogP contribution in [-0.4, -0.2) is 0 Å². The summed E-state index contributed by atoms with van der Waals surface area (Å²) in [5.41, 5.74) is 17.2. The van der Waals surface area contributed by atoms with Crippen LogP contribution in [0.4, 0.5) is 17.1 Å². The van der Waals surface area contributed by atoms with Crippen LogP contribution in [0.2, 0.25) is 0 Å². The average Bonchev–Trinajstić information content (AvgIpc) is 3.58. The standard InChI is InChI=1S/C61H51NO/c1-59(2,3)42-34-36-46-47-37-35-43(60(4,5)6)39-53(47)61(52(46)38-42)50-28-14-17-33-57(50)63-58-49(27-19-29-51(58)61)48-26-13-16-31-56(48)62(55-32-18-23-41-22-10-11-24-45(41)55)54-30-15-12-25-44(54)40-20-8-7-9-21-40/h7-39H,1-6H3. The maximum atomic E-state index is 7.37. The maximum Gasteiger partial charge on any atom is 0.140 e. The van der Waals surface area contributed by atoms with E-state index in [4.69, 9.17) is 4.74 Å². The molecule has 2 aliphatic rings. The van der Waals surface area contributed by atoms with Crippen molar-refractivity contribution in [3.05, 3.63) is 234 Å². The molecule has 9 aromatic rings. The maximum absolute atomic E-state index is 7.37. The van der Waals surface area contributed by atoms with Crippen LogP contribution in [0.1, 0.15) is 74.9 Å². The molecule has 1 aliphatic carbocycles. The van der Waals surface area contributed by atoms with Crippen LogP contribution >= 0.6 is 0 Å². The molecule has 9 aromatic carbocycles. The zero-order valence-corrected chi connectivity index (χ0v) is 36.9. The molecule has 0 saturated heterocycles. The zero-order valence-electron chi connectivity index (χ0n) is 36.9. The third kappa shape index (κ3) is 6.07. The number of anilines is 3. The van der Waals surface area contributed by atoms with E-state index in [1.807, 2.05) is 0 Å². The Morgan fingerprint density at radius 1 is 0.381 bits per heavy atom. The molecular weight excluding hydrogens is 763 g/mol. The minimum absolute atomic E-state index is 0.0447. The fraction of sp³-hybridized carbons (Fsp3) is 0.148. The quantitative estimate of drug-likeness (QED) is 0.172. The number of hydrogen-bond acceptors (Lipinski definition) is 2. The molecule has 0 atom stereocenters. The van der Waals surface area contributed by atoms with Gasteiger partial charge in [-0.3, -0.25) is 0 Å². The van der Waals surface area contributed by atoms with Crippen molar-refractivity contribution in [2.45, 2.75) is 57.8 Å². The van der Waals surface area contributed by atoms with Crippen LogP contribution in [0, 0.1) is 0 Å². The van der Waals surface area contributed by atoms with E-state index in [9.17, 15) is 0 Å². The molecule has 63 heavy (non-hydrogen) atoms. The Hall–Kier alpha value is -7.16. The molecule has 0 bridgehead atoms. The summed E-state index contributed by atoms with van der Waals surface area (Å²) in [6.07, 6.45) is 0. The van der Waals surface area contributed by atoms with Crippen LogP contribution in [0.5, 0.6) is 11.5 Å². The second-order valence-corrected chi connectivity index (χ2v) is 19.3. The van der Waals surface area contributed by atoms with Gasteiger partial charge in [0.1, 0.15) is 11.5 Å². The predicted molar refractivity (Wildman–Crippen MR) is 264 cm³/mol. The number of hydrogen-bond donors (Lipinski definition) is 0. The fourth-order valence-corrected chi connectivity index (χ4v) is 10.3. The van der Waals surface area contributed by atoms with E-state index in [-0.39, 0.29) is 10.8 Å². The molecule has 2 heteroatoms. The molecule has 0 N–H and O–H groups in total. The minimum Gasteiger partial charge on any atom is -0.456 e. The van der Waals surface area contributed by atoms with E-state index in [0.717, 1.165) is 56.4 Å². The first-order valence-corrected chi connectivity index (χ1v) is 22.3. The number of para-hydroxylation sites is 4. The second-order valence-electron chi connectivity index (χ2n) is 19.3. The largest absolute Gasteiger partial charge is 0.456 e. The topological polar surface area (TPSA) is 12.5 Å². The molecule has 0 saturated carbocycles. The molecule has 0 aromatic heterocycles. The van der Waals surface area contributed by atoms with Gasteiger partial charge in [-0.25, -0.2) is 0 Å². The normalized spacial score (nSPS) is 13.5. The lowest BCUT2D eigenvalue weighted by atomic mass is 9.64. The van der Waals surface area contributed by atoms with Crippen molar-refractivity contribution in [1.29, 1.82) is 0 Å². The summed E-state index contributed by atoms with van der Waals surface area (Å²) in [6.45, 7) is 13.9. The fourth-order valence-electron chi connectivity index (χ4n) is 10.3. The van der Waals surface area contributed by atoms with Gasteiger partial charge in [-0.1, -0.05) is 217 Å². The molecular formula is C61H51NO. The highest BCUT2D eigenvalue weighted by molar-refractivity contribution is 6.04. The molecule has 306 valence electrons. The first-order chi connectivity index (χ1) is 30.5. The Balaban J connectivity index is 1.22. The van der Waals surface area contributed by atoms with E-state index < -0.39 is 5.41 Å². The first-order valence-electron chi connectivity index (χ1n) is 22.3. The summed E-state index contributed by atoms with van der Waals surface area (Å²) in [5.74, 6) is 1.77. The van der Waals surface area contributed by atoms with E-state index in [1.54, 1.807) is 0 Å². The van der Waals surface area contributed by atoms with E-state index in [2.05, 4.69) is 247 Å². The predicted octanol–water partition coefficient (Wildman–Crippen LogP) is 16.7. The summed E-state index contributed by atoms with van der Waals surface area (Å²) >= 11 is 0. The molecule has 11 rings (SSSR count). The third-order valence-corrected chi connectivity index (χ3v) is 13.5. The first kappa shape index (κ1) is 38.7. The molecule has 1 aliphatic heterocycles. The third-order valence-electron chi connectivity index (χ3n) is 13.5. The highest BCUT2D eigenvalue weighted by Crippen LogP contribution is 2.64. The number of ether oxygens (including phenoxy) is 1. The van der Waals surface area contributed by atoms with Crippen molar-refractivity contribution in [2.75, 3.05) is 4.90 Å².